The summed E-state index contributed by atoms with van der Waals surface area (Å²) < 4.78 is 13.4. The summed E-state index contributed by atoms with van der Waals surface area (Å²) in [5, 5.41) is 6.68. The van der Waals surface area contributed by atoms with Gasteiger partial charge in [-0.3, -0.25) is 10.3 Å². The number of aromatic amines is 1. The first-order chi connectivity index (χ1) is 14.2. The number of hydrazine groups is 2. The van der Waals surface area contributed by atoms with Crippen LogP contribution in [-0.4, -0.2) is 33.9 Å². The van der Waals surface area contributed by atoms with E-state index in [1.807, 2.05) is 32.2 Å². The number of hydrogen-bond acceptors (Lipinski definition) is 6. The Labute approximate surface area is 168 Å². The number of benzene rings is 2. The van der Waals surface area contributed by atoms with E-state index in [0.29, 0.717) is 19.1 Å². The fourth-order valence-electron chi connectivity index (χ4n) is 3.15. The Balaban J connectivity index is 1.64. The van der Waals surface area contributed by atoms with E-state index in [0.717, 1.165) is 28.2 Å². The van der Waals surface area contributed by atoms with E-state index in [1.54, 1.807) is 28.6 Å². The first kappa shape index (κ1) is 19.0. The summed E-state index contributed by atoms with van der Waals surface area (Å²) >= 11 is 0. The van der Waals surface area contributed by atoms with Crippen molar-refractivity contribution in [3.8, 4) is 0 Å². The molecule has 8 heteroatoms. The van der Waals surface area contributed by atoms with Crippen molar-refractivity contribution in [1.82, 2.24) is 25.7 Å². The van der Waals surface area contributed by atoms with Crippen LogP contribution in [0, 0.1) is 5.82 Å². The van der Waals surface area contributed by atoms with Gasteiger partial charge in [-0.2, -0.15) is 5.17 Å². The topological polar surface area (TPSA) is 68.4 Å². The number of nitrogens with one attached hydrogen (secondary N) is 3. The minimum absolute atomic E-state index is 0.280. The highest BCUT2D eigenvalue weighted by molar-refractivity contribution is 5.88. The summed E-state index contributed by atoms with van der Waals surface area (Å²) in [7, 11) is 1.84. The van der Waals surface area contributed by atoms with Gasteiger partial charge in [-0.15, -0.1) is 5.12 Å². The number of hydroxylamine groups is 1. The molecular weight excluding hydrogens is 371 g/mol. The molecule has 1 aromatic heterocycles. The molecule has 1 aliphatic rings. The molecule has 2 heterocycles. The van der Waals surface area contributed by atoms with Crippen LogP contribution in [0.1, 0.15) is 23.7 Å². The summed E-state index contributed by atoms with van der Waals surface area (Å²) in [6, 6.07) is 16.4. The van der Waals surface area contributed by atoms with E-state index in [2.05, 4.69) is 32.8 Å². The second-order valence-electron chi connectivity index (χ2n) is 6.54. The highest BCUT2D eigenvalue weighted by Gasteiger charge is 2.31. The lowest BCUT2D eigenvalue weighted by atomic mass is 10.1. The highest BCUT2D eigenvalue weighted by Crippen LogP contribution is 2.33. The van der Waals surface area contributed by atoms with E-state index in [1.165, 1.54) is 12.1 Å². The van der Waals surface area contributed by atoms with Gasteiger partial charge in [0, 0.05) is 19.2 Å². The van der Waals surface area contributed by atoms with Gasteiger partial charge in [0.2, 0.25) is 5.95 Å². The van der Waals surface area contributed by atoms with E-state index in [-0.39, 0.29) is 5.82 Å². The predicted octanol–water partition coefficient (Wildman–Crippen LogP) is 3.61. The Kier molecular flexibility index (Phi) is 5.46. The van der Waals surface area contributed by atoms with Crippen molar-refractivity contribution in [3.63, 3.8) is 0 Å². The van der Waals surface area contributed by atoms with Gasteiger partial charge in [-0.25, -0.2) is 9.37 Å². The Morgan fingerprint density at radius 1 is 1.10 bits per heavy atom. The standard InChI is InChI=1S/C21H23FN6O/c1-3-29-28-20(19(26-27(28)2)16-9-11-17(22)12-10-16)18-14-24-21(25-18)23-13-15-7-5-4-6-8-15/h4-12,14,26H,3,13H2,1-2H3,(H2,23,24,25). The van der Waals surface area contributed by atoms with Crippen LogP contribution >= 0.6 is 0 Å². The predicted molar refractivity (Wildman–Crippen MR) is 110 cm³/mol. The second kappa shape index (κ2) is 8.34. The van der Waals surface area contributed by atoms with Crippen molar-refractivity contribution in [3.05, 3.63) is 83.4 Å². The van der Waals surface area contributed by atoms with Gasteiger partial charge in [0.05, 0.1) is 24.2 Å². The van der Waals surface area contributed by atoms with E-state index in [4.69, 9.17) is 4.84 Å². The Morgan fingerprint density at radius 2 is 1.86 bits per heavy atom. The maximum absolute atomic E-state index is 13.4. The van der Waals surface area contributed by atoms with Crippen molar-refractivity contribution >= 4 is 17.3 Å². The summed E-state index contributed by atoms with van der Waals surface area (Å²) in [6.07, 6.45) is 1.75. The Hall–Kier alpha value is -3.36. The number of nitrogens with zero attached hydrogens (tertiary/aromatic N) is 3. The van der Waals surface area contributed by atoms with Crippen LogP contribution in [-0.2, 0) is 11.4 Å². The first-order valence-corrected chi connectivity index (χ1v) is 9.42. The first-order valence-electron chi connectivity index (χ1n) is 9.42. The summed E-state index contributed by atoms with van der Waals surface area (Å²) in [5.74, 6) is 0.374. The molecule has 0 saturated carbocycles. The molecule has 0 amide bonds. The normalized spacial score (nSPS) is 14.4. The third-order valence-corrected chi connectivity index (χ3v) is 4.49. The van der Waals surface area contributed by atoms with Gasteiger partial charge < -0.3 is 10.3 Å². The number of halogens is 1. The molecule has 3 N–H and O–H groups in total. The maximum Gasteiger partial charge on any atom is 0.200 e. The molecule has 150 valence electrons. The van der Waals surface area contributed by atoms with E-state index < -0.39 is 0 Å². The lowest BCUT2D eigenvalue weighted by molar-refractivity contribution is -0.231. The van der Waals surface area contributed by atoms with Crippen molar-refractivity contribution in [2.75, 3.05) is 19.0 Å². The number of rotatable bonds is 7. The van der Waals surface area contributed by atoms with Gasteiger partial charge in [-0.1, -0.05) is 30.3 Å². The van der Waals surface area contributed by atoms with Crippen molar-refractivity contribution < 1.29 is 9.23 Å². The molecule has 0 radical (unpaired) electrons. The van der Waals surface area contributed by atoms with Crippen LogP contribution in [0.15, 0.2) is 60.8 Å². The summed E-state index contributed by atoms with van der Waals surface area (Å²) in [4.78, 5) is 13.5. The minimum atomic E-state index is -0.280. The van der Waals surface area contributed by atoms with Gasteiger partial charge in [0.1, 0.15) is 11.5 Å². The molecule has 3 aromatic rings. The molecular formula is C21H23FN6O. The SMILES string of the molecule is CCON1C(c2cnc(NCc3ccccc3)[nH]2)=C(c2ccc(F)cc2)NN1C. The Bertz CT molecular complexity index is 986. The minimum Gasteiger partial charge on any atom is -0.352 e. The molecule has 0 saturated heterocycles. The molecule has 0 unspecified atom stereocenters. The monoisotopic (exact) mass is 394 g/mol. The number of aromatic nitrogens is 2. The average Bonchev–Trinajstić information content (AvgIpc) is 3.33. The van der Waals surface area contributed by atoms with E-state index >= 15 is 0 Å². The summed E-state index contributed by atoms with van der Waals surface area (Å²) in [6.45, 7) is 3.06. The summed E-state index contributed by atoms with van der Waals surface area (Å²) in [5.41, 5.74) is 7.59. The molecule has 1 aliphatic heterocycles. The van der Waals surface area contributed by atoms with Crippen LogP contribution in [0.2, 0.25) is 0 Å². The average molecular weight is 394 g/mol. The molecule has 0 bridgehead atoms. The quantitative estimate of drug-likeness (QED) is 0.569. The van der Waals surface area contributed by atoms with Gasteiger partial charge in [-0.05, 0) is 36.8 Å². The van der Waals surface area contributed by atoms with Crippen LogP contribution in [0.4, 0.5) is 10.3 Å². The number of imidazole rings is 1. The molecule has 7 nitrogen and oxygen atoms in total. The van der Waals surface area contributed by atoms with Gasteiger partial charge in [0.25, 0.3) is 0 Å². The van der Waals surface area contributed by atoms with Crippen LogP contribution in [0.25, 0.3) is 11.4 Å². The molecule has 0 spiro atoms. The molecule has 0 aliphatic carbocycles. The zero-order chi connectivity index (χ0) is 20.2. The largest absolute Gasteiger partial charge is 0.352 e. The molecule has 4 rings (SSSR count). The van der Waals surface area contributed by atoms with Crippen molar-refractivity contribution in [2.24, 2.45) is 0 Å². The highest BCUT2D eigenvalue weighted by atomic mass is 19.1. The maximum atomic E-state index is 13.4. The second-order valence-corrected chi connectivity index (χ2v) is 6.54. The van der Waals surface area contributed by atoms with Crippen molar-refractivity contribution in [2.45, 2.75) is 13.5 Å². The number of H-pyrrole nitrogens is 1. The smallest absolute Gasteiger partial charge is 0.200 e. The third kappa shape index (κ3) is 4.08. The zero-order valence-electron chi connectivity index (χ0n) is 16.3. The molecule has 0 atom stereocenters. The van der Waals surface area contributed by atoms with Crippen LogP contribution in [0.3, 0.4) is 0 Å². The van der Waals surface area contributed by atoms with Crippen LogP contribution in [0.5, 0.6) is 0 Å². The lowest BCUT2D eigenvalue weighted by Gasteiger charge is -2.25. The van der Waals surface area contributed by atoms with Crippen LogP contribution < -0.4 is 10.7 Å². The zero-order valence-corrected chi connectivity index (χ0v) is 16.3. The molecule has 29 heavy (non-hydrogen) atoms. The van der Waals surface area contributed by atoms with Gasteiger partial charge in [0.15, 0.2) is 0 Å². The number of hydrogen-bond donors (Lipinski definition) is 3. The molecule has 0 fully saturated rings. The molecule has 2 aromatic carbocycles. The van der Waals surface area contributed by atoms with Crippen molar-refractivity contribution in [1.29, 1.82) is 0 Å². The van der Waals surface area contributed by atoms with E-state index in [9.17, 15) is 4.39 Å². The number of anilines is 1. The Morgan fingerprint density at radius 3 is 2.59 bits per heavy atom. The fourth-order valence-corrected chi connectivity index (χ4v) is 3.15. The third-order valence-electron chi connectivity index (χ3n) is 4.49. The fraction of sp³-hybridized carbons (Fsp3) is 0.190. The van der Waals surface area contributed by atoms with Gasteiger partial charge >= 0.3 is 0 Å². The lowest BCUT2D eigenvalue weighted by Crippen LogP contribution is -2.39.